The Kier molecular flexibility index (Phi) is 6.19. The predicted molar refractivity (Wildman–Crippen MR) is 241 cm³/mol. The number of rotatable bonds is 2. The molecule has 57 heavy (non-hydrogen) atoms. The largest absolute Gasteiger partial charge is 0.0731 e. The standard InChI is InChI=1S/C57H34/c1-3-17-40-35(14-1)16-13-25-44(40)55-47-23-7-5-21-45(47)54(46-22-6-8-24-48(46)55)38-29-28-37-33-50-49-31-30-36-15-2-4-18-41(36)56(49)57(53(50)34-39(37)32-38)51-26-11-9-19-42(51)43-20-10-12-27-52(43)57/h1-34H. The lowest BCUT2D eigenvalue weighted by Crippen LogP contribution is -2.26. The molecule has 2 aliphatic carbocycles. The number of benzene rings is 11. The third-order valence-electron chi connectivity index (χ3n) is 13.2. The van der Waals surface area contributed by atoms with Crippen molar-refractivity contribution in [2.45, 2.75) is 5.41 Å². The second-order valence-electron chi connectivity index (χ2n) is 15.9. The molecule has 0 saturated heterocycles. The van der Waals surface area contributed by atoms with Crippen molar-refractivity contribution in [2.75, 3.05) is 0 Å². The van der Waals surface area contributed by atoms with E-state index in [0.29, 0.717) is 0 Å². The second kappa shape index (κ2) is 11.4. The van der Waals surface area contributed by atoms with Gasteiger partial charge in [0.2, 0.25) is 0 Å². The van der Waals surface area contributed by atoms with Gasteiger partial charge in [0.05, 0.1) is 5.41 Å². The molecule has 2 aliphatic rings. The van der Waals surface area contributed by atoms with Crippen molar-refractivity contribution in [3.63, 3.8) is 0 Å². The van der Waals surface area contributed by atoms with E-state index >= 15 is 0 Å². The fourth-order valence-corrected chi connectivity index (χ4v) is 11.0. The summed E-state index contributed by atoms with van der Waals surface area (Å²) in [4.78, 5) is 0. The zero-order valence-electron chi connectivity index (χ0n) is 31.1. The smallest absolute Gasteiger partial charge is 0.0619 e. The zero-order valence-corrected chi connectivity index (χ0v) is 31.1. The summed E-state index contributed by atoms with van der Waals surface area (Å²) in [6.45, 7) is 0. The van der Waals surface area contributed by atoms with E-state index in [9.17, 15) is 0 Å². The van der Waals surface area contributed by atoms with Gasteiger partial charge in [0.1, 0.15) is 0 Å². The molecule has 0 aliphatic heterocycles. The van der Waals surface area contributed by atoms with Crippen molar-refractivity contribution in [3.05, 3.63) is 229 Å². The first-order chi connectivity index (χ1) is 28.3. The van der Waals surface area contributed by atoms with Crippen LogP contribution in [0.25, 0.3) is 98.4 Å². The van der Waals surface area contributed by atoms with Gasteiger partial charge in [0, 0.05) is 0 Å². The highest BCUT2D eigenvalue weighted by Crippen LogP contribution is 2.64. The van der Waals surface area contributed by atoms with E-state index in [-0.39, 0.29) is 0 Å². The molecule has 13 rings (SSSR count). The third-order valence-corrected chi connectivity index (χ3v) is 13.2. The lowest BCUT2D eigenvalue weighted by atomic mass is 9.69. The van der Waals surface area contributed by atoms with Gasteiger partial charge in [0.25, 0.3) is 0 Å². The van der Waals surface area contributed by atoms with E-state index in [2.05, 4.69) is 206 Å². The number of hydrogen-bond donors (Lipinski definition) is 0. The van der Waals surface area contributed by atoms with Crippen molar-refractivity contribution in [1.29, 1.82) is 0 Å². The lowest BCUT2D eigenvalue weighted by molar-refractivity contribution is 0.802. The highest BCUT2D eigenvalue weighted by atomic mass is 14.5. The third kappa shape index (κ3) is 4.02. The van der Waals surface area contributed by atoms with Crippen LogP contribution < -0.4 is 0 Å². The van der Waals surface area contributed by atoms with Gasteiger partial charge in [-0.3, -0.25) is 0 Å². The lowest BCUT2D eigenvalue weighted by Gasteiger charge is -2.31. The van der Waals surface area contributed by atoms with E-state index < -0.39 is 5.41 Å². The van der Waals surface area contributed by atoms with E-state index in [1.165, 1.54) is 121 Å². The van der Waals surface area contributed by atoms with Gasteiger partial charge in [-0.1, -0.05) is 188 Å². The zero-order chi connectivity index (χ0) is 37.2. The van der Waals surface area contributed by atoms with Gasteiger partial charge in [-0.25, -0.2) is 0 Å². The Bertz CT molecular complexity index is 3420. The monoisotopic (exact) mass is 718 g/mol. The van der Waals surface area contributed by atoms with Gasteiger partial charge in [-0.15, -0.1) is 0 Å². The maximum atomic E-state index is 2.54. The molecule has 0 amide bonds. The first-order valence-corrected chi connectivity index (χ1v) is 20.0. The Hall–Kier alpha value is -7.28. The molecular weight excluding hydrogens is 685 g/mol. The van der Waals surface area contributed by atoms with Crippen LogP contribution >= 0.6 is 0 Å². The van der Waals surface area contributed by atoms with Crippen LogP contribution in [0, 0.1) is 0 Å². The van der Waals surface area contributed by atoms with Crippen LogP contribution in [0.3, 0.4) is 0 Å². The molecule has 0 bridgehead atoms. The fraction of sp³-hybridized carbons (Fsp3) is 0.0175. The number of fused-ring (bicyclic) bond motifs is 16. The minimum Gasteiger partial charge on any atom is -0.0619 e. The Morgan fingerprint density at radius 2 is 0.754 bits per heavy atom. The summed E-state index contributed by atoms with van der Waals surface area (Å²) in [7, 11) is 0. The first-order valence-electron chi connectivity index (χ1n) is 20.0. The van der Waals surface area contributed by atoms with Crippen LogP contribution in [0.1, 0.15) is 22.3 Å². The van der Waals surface area contributed by atoms with Gasteiger partial charge >= 0.3 is 0 Å². The molecule has 0 N–H and O–H groups in total. The van der Waals surface area contributed by atoms with Gasteiger partial charge < -0.3 is 0 Å². The van der Waals surface area contributed by atoms with Crippen LogP contribution in [-0.4, -0.2) is 0 Å². The predicted octanol–water partition coefficient (Wildman–Crippen LogP) is 15.1. The van der Waals surface area contributed by atoms with Crippen LogP contribution in [0.15, 0.2) is 206 Å². The second-order valence-corrected chi connectivity index (χ2v) is 15.9. The molecule has 0 unspecified atom stereocenters. The van der Waals surface area contributed by atoms with Gasteiger partial charge in [0.15, 0.2) is 0 Å². The van der Waals surface area contributed by atoms with Crippen LogP contribution in [0.5, 0.6) is 0 Å². The summed E-state index contributed by atoms with van der Waals surface area (Å²) in [6.07, 6.45) is 0. The van der Waals surface area contributed by atoms with Crippen molar-refractivity contribution in [1.82, 2.24) is 0 Å². The van der Waals surface area contributed by atoms with Crippen LogP contribution in [0.2, 0.25) is 0 Å². The normalized spacial score (nSPS) is 13.4. The first kappa shape index (κ1) is 31.0. The molecule has 0 fully saturated rings. The van der Waals surface area contributed by atoms with Crippen LogP contribution in [-0.2, 0) is 5.41 Å². The Morgan fingerprint density at radius 1 is 0.246 bits per heavy atom. The van der Waals surface area contributed by atoms with Gasteiger partial charge in [-0.2, -0.15) is 0 Å². The van der Waals surface area contributed by atoms with E-state index in [1.54, 1.807) is 0 Å². The Morgan fingerprint density at radius 3 is 1.44 bits per heavy atom. The number of hydrogen-bond acceptors (Lipinski definition) is 0. The fourth-order valence-electron chi connectivity index (χ4n) is 11.0. The molecule has 0 radical (unpaired) electrons. The summed E-state index contributed by atoms with van der Waals surface area (Å²) in [6, 6.07) is 77.6. The van der Waals surface area contributed by atoms with E-state index in [1.807, 2.05) is 0 Å². The quantitative estimate of drug-likeness (QED) is 0.156. The summed E-state index contributed by atoms with van der Waals surface area (Å²) in [5.74, 6) is 0. The highest BCUT2D eigenvalue weighted by molar-refractivity contribution is 6.24. The molecule has 0 atom stereocenters. The van der Waals surface area contributed by atoms with Crippen molar-refractivity contribution in [3.8, 4) is 44.5 Å². The minimum atomic E-state index is -0.428. The van der Waals surface area contributed by atoms with E-state index in [4.69, 9.17) is 0 Å². The molecule has 0 heterocycles. The molecular formula is C57H34. The van der Waals surface area contributed by atoms with Crippen molar-refractivity contribution < 1.29 is 0 Å². The molecule has 0 saturated carbocycles. The maximum Gasteiger partial charge on any atom is 0.0731 e. The molecule has 0 nitrogen and oxygen atoms in total. The summed E-state index contributed by atoms with van der Waals surface area (Å²) < 4.78 is 0. The van der Waals surface area contributed by atoms with Gasteiger partial charge in [-0.05, 0) is 139 Å². The summed E-state index contributed by atoms with van der Waals surface area (Å²) in [5, 5.41) is 12.8. The average molecular weight is 719 g/mol. The van der Waals surface area contributed by atoms with Crippen LogP contribution in [0.4, 0.5) is 0 Å². The molecule has 262 valence electrons. The Balaban J connectivity index is 1.11. The van der Waals surface area contributed by atoms with E-state index in [0.717, 1.165) is 0 Å². The van der Waals surface area contributed by atoms with Crippen molar-refractivity contribution >= 4 is 53.9 Å². The topological polar surface area (TPSA) is 0 Å². The molecule has 0 heteroatoms. The van der Waals surface area contributed by atoms with Crippen molar-refractivity contribution in [2.24, 2.45) is 0 Å². The molecule has 0 aromatic heterocycles. The summed E-state index contributed by atoms with van der Waals surface area (Å²) >= 11 is 0. The minimum absolute atomic E-state index is 0.428. The Labute approximate surface area is 330 Å². The molecule has 1 spiro atoms. The maximum absolute atomic E-state index is 2.54. The highest BCUT2D eigenvalue weighted by Gasteiger charge is 2.52. The SMILES string of the molecule is c1ccc2c(c1)-c1ccccc1C21c2cc3cc(-c4c5ccccc5c(-c5cccc6ccccc56)c5ccccc45)ccc3cc2-c2ccc3ccccc3c21. The summed E-state index contributed by atoms with van der Waals surface area (Å²) in [5.41, 5.74) is 15.5. The average Bonchev–Trinajstić information content (AvgIpc) is 3.74. The molecule has 11 aromatic rings. The molecule has 11 aromatic carbocycles.